The Hall–Kier alpha value is -3.28. The molecule has 24 heavy (non-hydrogen) atoms. The number of aryl methyl sites for hydroxylation is 2. The number of nitrogens with zero attached hydrogens (tertiary/aromatic N) is 2. The van der Waals surface area contributed by atoms with E-state index in [0.29, 0.717) is 24.3 Å². The predicted octanol–water partition coefficient (Wildman–Crippen LogP) is 3.05. The Balaban J connectivity index is 2.40. The summed E-state index contributed by atoms with van der Waals surface area (Å²) in [5.74, 6) is 0. The fourth-order valence-electron chi connectivity index (χ4n) is 2.15. The second-order valence-electron chi connectivity index (χ2n) is 4.92. The summed E-state index contributed by atoms with van der Waals surface area (Å²) >= 11 is 0. The van der Waals surface area contributed by atoms with Crippen LogP contribution in [-0.2, 0) is 19.1 Å². The Morgan fingerprint density at radius 1 is 0.750 bits per heavy atom. The van der Waals surface area contributed by atoms with E-state index in [4.69, 9.17) is 0 Å². The number of hydrogen-bond donors (Lipinski definition) is 0. The molecule has 0 N–H and O–H groups in total. The summed E-state index contributed by atoms with van der Waals surface area (Å²) in [5, 5.41) is 0. The van der Waals surface area contributed by atoms with Gasteiger partial charge >= 0.3 is 0 Å². The third-order valence-corrected chi connectivity index (χ3v) is 3.00. The average molecular weight is 324 g/mol. The molecule has 0 bridgehead atoms. The van der Waals surface area contributed by atoms with Gasteiger partial charge in [0.2, 0.25) is 0 Å². The predicted molar refractivity (Wildman–Crippen MR) is 89.3 cm³/mol. The molecule has 2 aromatic heterocycles. The zero-order valence-corrected chi connectivity index (χ0v) is 13.3. The summed E-state index contributed by atoms with van der Waals surface area (Å²) in [6, 6.07) is 7.41. The van der Waals surface area contributed by atoms with Gasteiger partial charge in [0.05, 0.1) is 23.9 Å². The van der Waals surface area contributed by atoms with E-state index in [1.807, 2.05) is 38.1 Å². The highest BCUT2D eigenvalue weighted by atomic mass is 16.5. The fourth-order valence-corrected chi connectivity index (χ4v) is 2.15. The van der Waals surface area contributed by atoms with E-state index in [0.717, 1.165) is 22.5 Å². The first-order valence-electron chi connectivity index (χ1n) is 7.11. The lowest BCUT2D eigenvalue weighted by Gasteiger charge is -2.06. The topological polar surface area (TPSA) is 78.4 Å². The summed E-state index contributed by atoms with van der Waals surface area (Å²) in [7, 11) is 0. The van der Waals surface area contributed by atoms with E-state index in [2.05, 4.69) is 19.4 Å². The maximum atomic E-state index is 10.2. The number of ether oxygens (including phenoxy) is 2. The van der Waals surface area contributed by atoms with Crippen LogP contribution < -0.4 is 0 Å². The minimum Gasteiger partial charge on any atom is -0.437 e. The number of rotatable bonds is 7. The Bertz CT molecular complexity index is 730. The number of carbonyl (C=O) groups is 2. The van der Waals surface area contributed by atoms with Gasteiger partial charge in [0, 0.05) is 11.4 Å². The van der Waals surface area contributed by atoms with Crippen molar-refractivity contribution in [2.24, 2.45) is 0 Å². The molecule has 0 amide bonds. The van der Waals surface area contributed by atoms with Gasteiger partial charge in [0.15, 0.2) is 0 Å². The monoisotopic (exact) mass is 324 g/mol. The smallest absolute Gasteiger partial charge is 0.297 e. The maximum absolute atomic E-state index is 10.2. The van der Waals surface area contributed by atoms with Crippen molar-refractivity contribution in [3.8, 4) is 11.4 Å². The highest BCUT2D eigenvalue weighted by Gasteiger charge is 2.06. The zero-order chi connectivity index (χ0) is 17.4. The van der Waals surface area contributed by atoms with E-state index in [1.54, 1.807) is 12.2 Å². The van der Waals surface area contributed by atoms with Crippen LogP contribution in [0.4, 0.5) is 0 Å². The van der Waals surface area contributed by atoms with Gasteiger partial charge in [-0.2, -0.15) is 0 Å². The molecule has 0 saturated carbocycles. The van der Waals surface area contributed by atoms with Gasteiger partial charge in [-0.3, -0.25) is 19.6 Å². The molecule has 2 rings (SSSR count). The van der Waals surface area contributed by atoms with Crippen LogP contribution in [0.2, 0.25) is 0 Å². The summed E-state index contributed by atoms with van der Waals surface area (Å²) in [5.41, 5.74) is 4.67. The molecule has 0 fully saturated rings. The van der Waals surface area contributed by atoms with Crippen LogP contribution in [0.15, 0.2) is 36.8 Å². The van der Waals surface area contributed by atoms with Gasteiger partial charge in [-0.25, -0.2) is 0 Å². The first-order valence-corrected chi connectivity index (χ1v) is 7.11. The summed E-state index contributed by atoms with van der Waals surface area (Å²) in [6.07, 6.45) is 5.95. The molecule has 2 heterocycles. The van der Waals surface area contributed by atoms with Crippen LogP contribution in [-0.4, -0.2) is 22.9 Å². The van der Waals surface area contributed by atoms with E-state index < -0.39 is 0 Å². The second kappa shape index (κ2) is 8.38. The van der Waals surface area contributed by atoms with Crippen LogP contribution in [0.3, 0.4) is 0 Å². The molecule has 0 spiro atoms. The van der Waals surface area contributed by atoms with Crippen LogP contribution in [0.25, 0.3) is 23.5 Å². The van der Waals surface area contributed by atoms with Crippen LogP contribution in [0.5, 0.6) is 0 Å². The van der Waals surface area contributed by atoms with Crippen LogP contribution >= 0.6 is 0 Å². The number of hydrogen-bond acceptors (Lipinski definition) is 6. The first-order chi connectivity index (χ1) is 11.6. The SMILES string of the molecule is Cc1cc(/C=C\OC=O)cc(-c2cc(/C=C\OC=O)cc(C)n2)n1. The second-order valence-corrected chi connectivity index (χ2v) is 4.92. The first kappa shape index (κ1) is 17.1. The summed E-state index contributed by atoms with van der Waals surface area (Å²) < 4.78 is 9.13. The molecule has 0 aliphatic carbocycles. The maximum Gasteiger partial charge on any atom is 0.297 e. The molecule has 0 aliphatic heterocycles. The fraction of sp³-hybridized carbons (Fsp3) is 0.111. The van der Waals surface area contributed by atoms with Gasteiger partial charge in [-0.15, -0.1) is 0 Å². The Labute approximate surface area is 139 Å². The van der Waals surface area contributed by atoms with Crippen molar-refractivity contribution in [3.63, 3.8) is 0 Å². The zero-order valence-electron chi connectivity index (χ0n) is 13.3. The van der Waals surface area contributed by atoms with E-state index in [-0.39, 0.29) is 0 Å². The lowest BCUT2D eigenvalue weighted by Crippen LogP contribution is -1.94. The standard InChI is InChI=1S/C18H16N2O4/c1-13-7-15(3-5-23-11-21)9-17(19-13)18-10-16(4-6-24-12-22)8-14(2)20-18/h3-12H,1-2H3/b5-3-,6-4-. The lowest BCUT2D eigenvalue weighted by atomic mass is 10.1. The summed E-state index contributed by atoms with van der Waals surface area (Å²) in [4.78, 5) is 29.4. The molecule has 6 nitrogen and oxygen atoms in total. The van der Waals surface area contributed by atoms with Gasteiger partial charge < -0.3 is 9.47 Å². The minimum absolute atomic E-state index is 0.355. The van der Waals surface area contributed by atoms with Crippen molar-refractivity contribution in [2.45, 2.75) is 13.8 Å². The molecule has 0 atom stereocenters. The summed E-state index contributed by atoms with van der Waals surface area (Å²) in [6.45, 7) is 4.45. The van der Waals surface area contributed by atoms with Crippen molar-refractivity contribution in [1.82, 2.24) is 9.97 Å². The molecule has 0 saturated heterocycles. The number of carbonyl (C=O) groups excluding carboxylic acids is 2. The normalized spacial score (nSPS) is 10.9. The van der Waals surface area contributed by atoms with Gasteiger partial charge in [-0.05, 0) is 61.4 Å². The van der Waals surface area contributed by atoms with Crippen LogP contribution in [0, 0.1) is 13.8 Å². The Kier molecular flexibility index (Phi) is 5.96. The van der Waals surface area contributed by atoms with Crippen molar-refractivity contribution < 1.29 is 19.1 Å². The molecule has 0 aromatic carbocycles. The Morgan fingerprint density at radius 2 is 1.17 bits per heavy atom. The van der Waals surface area contributed by atoms with Gasteiger partial charge in [-0.1, -0.05) is 0 Å². The molecular weight excluding hydrogens is 308 g/mol. The van der Waals surface area contributed by atoms with Gasteiger partial charge in [0.1, 0.15) is 0 Å². The average Bonchev–Trinajstić information content (AvgIpc) is 2.54. The third kappa shape index (κ3) is 4.88. The van der Waals surface area contributed by atoms with Crippen molar-refractivity contribution >= 4 is 25.1 Å². The third-order valence-electron chi connectivity index (χ3n) is 3.00. The van der Waals surface area contributed by atoms with Crippen molar-refractivity contribution in [3.05, 3.63) is 59.3 Å². The molecule has 2 aromatic rings. The number of aromatic nitrogens is 2. The van der Waals surface area contributed by atoms with Crippen LogP contribution in [0.1, 0.15) is 22.5 Å². The van der Waals surface area contributed by atoms with Crippen molar-refractivity contribution in [2.75, 3.05) is 0 Å². The van der Waals surface area contributed by atoms with E-state index in [9.17, 15) is 9.59 Å². The highest BCUT2D eigenvalue weighted by Crippen LogP contribution is 2.21. The molecule has 0 aliphatic rings. The highest BCUT2D eigenvalue weighted by molar-refractivity contribution is 5.65. The lowest BCUT2D eigenvalue weighted by molar-refractivity contribution is -0.124. The molecular formula is C18H16N2O4. The number of pyridine rings is 2. The molecule has 6 heteroatoms. The quantitative estimate of drug-likeness (QED) is 0.575. The minimum atomic E-state index is 0.355. The van der Waals surface area contributed by atoms with Gasteiger partial charge in [0.25, 0.3) is 12.9 Å². The van der Waals surface area contributed by atoms with E-state index >= 15 is 0 Å². The molecule has 0 radical (unpaired) electrons. The van der Waals surface area contributed by atoms with Crippen molar-refractivity contribution in [1.29, 1.82) is 0 Å². The Morgan fingerprint density at radius 3 is 1.54 bits per heavy atom. The largest absolute Gasteiger partial charge is 0.437 e. The van der Waals surface area contributed by atoms with E-state index in [1.165, 1.54) is 12.5 Å². The molecule has 122 valence electrons. The molecule has 0 unspecified atom stereocenters.